The second-order valence-corrected chi connectivity index (χ2v) is 17.4. The molecule has 1 aromatic heterocycles. The summed E-state index contributed by atoms with van der Waals surface area (Å²) in [6.07, 6.45) is 4.80. The summed E-state index contributed by atoms with van der Waals surface area (Å²) in [5, 5.41) is 15.1. The summed E-state index contributed by atoms with van der Waals surface area (Å²) in [6, 6.07) is 0.161. The molecule has 0 bridgehead atoms. The first kappa shape index (κ1) is 38.2. The Kier molecular flexibility index (Phi) is 10.3. The molecule has 53 heavy (non-hydrogen) atoms. The first-order chi connectivity index (χ1) is 25.0. The van der Waals surface area contributed by atoms with Gasteiger partial charge in [0, 0.05) is 24.5 Å². The zero-order chi connectivity index (χ0) is 38.5. The van der Waals surface area contributed by atoms with Crippen LogP contribution < -0.4 is 24.8 Å². The van der Waals surface area contributed by atoms with Crippen molar-refractivity contribution in [3.63, 3.8) is 0 Å². The lowest BCUT2D eigenvalue weighted by molar-refractivity contribution is -0.142. The fourth-order valence-electron chi connectivity index (χ4n) is 7.50. The van der Waals surface area contributed by atoms with Gasteiger partial charge in [-0.05, 0) is 64.2 Å². The summed E-state index contributed by atoms with van der Waals surface area (Å²) in [4.78, 5) is 64.9. The van der Waals surface area contributed by atoms with Gasteiger partial charge in [-0.25, -0.2) is 27.6 Å². The number of aromatic nitrogens is 2. The molecule has 3 fully saturated rings. The minimum absolute atomic E-state index is 0.0439. The zero-order valence-corrected chi connectivity index (χ0v) is 31.3. The number of hydrogen-bond donors (Lipinski definition) is 4. The maximum absolute atomic E-state index is 14.5. The molecule has 2 aliphatic heterocycles. The van der Waals surface area contributed by atoms with Crippen molar-refractivity contribution in [3.8, 4) is 11.6 Å². The summed E-state index contributed by atoms with van der Waals surface area (Å²) < 4.78 is 53.1. The lowest BCUT2D eigenvalue weighted by Gasteiger charge is -2.33. The van der Waals surface area contributed by atoms with Crippen LogP contribution in [0.15, 0.2) is 24.3 Å². The Morgan fingerprint density at radius 2 is 1.89 bits per heavy atom. The van der Waals surface area contributed by atoms with Gasteiger partial charge in [-0.3, -0.25) is 19.1 Å². The topological polar surface area (TPSA) is 206 Å². The molecule has 1 saturated heterocycles. The number of rotatable bonds is 8. The van der Waals surface area contributed by atoms with Crippen LogP contribution in [0.25, 0.3) is 11.0 Å². The van der Waals surface area contributed by atoms with Crippen LogP contribution in [0, 0.1) is 30.5 Å². The monoisotopic (exact) mass is 758 g/mol. The van der Waals surface area contributed by atoms with Crippen LogP contribution in [0.1, 0.15) is 77.8 Å². The van der Waals surface area contributed by atoms with Crippen molar-refractivity contribution in [2.75, 3.05) is 13.7 Å². The highest BCUT2D eigenvalue weighted by Crippen LogP contribution is 2.47. The van der Waals surface area contributed by atoms with E-state index in [1.165, 1.54) is 24.1 Å². The van der Waals surface area contributed by atoms with Gasteiger partial charge in [0.05, 0.1) is 29.4 Å². The predicted molar refractivity (Wildman–Crippen MR) is 190 cm³/mol. The first-order valence-corrected chi connectivity index (χ1v) is 19.5. The van der Waals surface area contributed by atoms with Crippen LogP contribution in [0.5, 0.6) is 11.6 Å². The van der Waals surface area contributed by atoms with Crippen molar-refractivity contribution in [1.82, 2.24) is 30.2 Å². The molecule has 2 aliphatic carbocycles. The Bertz CT molecular complexity index is 1960. The minimum Gasteiger partial charge on any atom is -0.494 e. The molecule has 0 spiro atoms. The molecule has 6 rings (SSSR count). The van der Waals surface area contributed by atoms with Gasteiger partial charge in [0.1, 0.15) is 29.4 Å². The average molecular weight is 759 g/mol. The number of nitrogens with one attached hydrogen (secondary N) is 3. The number of methoxy groups -OCH3 is 1. The predicted octanol–water partition coefficient (Wildman–Crippen LogP) is 3.35. The van der Waals surface area contributed by atoms with Crippen LogP contribution in [-0.2, 0) is 24.4 Å². The molecule has 2 saturated carbocycles. The lowest BCUT2D eigenvalue weighted by atomic mass is 9.85. The summed E-state index contributed by atoms with van der Waals surface area (Å²) in [6.45, 7) is 6.95. The van der Waals surface area contributed by atoms with Crippen molar-refractivity contribution in [2.24, 2.45) is 17.8 Å². The molecular weight excluding hydrogens is 711 g/mol. The van der Waals surface area contributed by atoms with Crippen LogP contribution in [0.2, 0.25) is 0 Å². The highest BCUT2D eigenvalue weighted by Gasteiger charge is 2.63. The van der Waals surface area contributed by atoms with Crippen molar-refractivity contribution < 1.29 is 46.6 Å². The molecule has 4 aliphatic rings. The minimum atomic E-state index is -4.03. The summed E-state index contributed by atoms with van der Waals surface area (Å²) in [5.41, 5.74) is -0.711. The summed E-state index contributed by atoms with van der Waals surface area (Å²) in [7, 11) is -2.71. The van der Waals surface area contributed by atoms with Crippen LogP contribution in [-0.4, -0.2) is 94.3 Å². The molecule has 17 heteroatoms. The van der Waals surface area contributed by atoms with Crippen molar-refractivity contribution >= 4 is 44.9 Å². The van der Waals surface area contributed by atoms with Gasteiger partial charge in [-0.15, -0.1) is 0 Å². The molecule has 3 heterocycles. The third-order valence-electron chi connectivity index (χ3n) is 11.2. The molecule has 15 nitrogen and oxygen atoms in total. The van der Waals surface area contributed by atoms with Gasteiger partial charge in [-0.1, -0.05) is 32.4 Å². The molecule has 2 aromatic rings. The molecule has 7 atom stereocenters. The number of aryl methyl sites for hydroxylation is 1. The number of benzene rings is 1. The van der Waals surface area contributed by atoms with Gasteiger partial charge in [0.15, 0.2) is 11.6 Å². The number of carbonyl (C=O) groups is 4. The second-order valence-electron chi connectivity index (χ2n) is 15.2. The van der Waals surface area contributed by atoms with Crippen molar-refractivity contribution in [2.45, 2.75) is 108 Å². The third kappa shape index (κ3) is 7.62. The lowest BCUT2D eigenvalue weighted by Crippen LogP contribution is -2.59. The van der Waals surface area contributed by atoms with Crippen molar-refractivity contribution in [1.29, 1.82) is 0 Å². The van der Waals surface area contributed by atoms with Crippen molar-refractivity contribution in [3.05, 3.63) is 35.8 Å². The highest BCUT2D eigenvalue weighted by atomic mass is 32.2. The molecule has 0 unspecified atom stereocenters. The molecular formula is C36H47FN6O9S. The number of nitrogens with zero attached hydrogens (tertiary/aromatic N) is 3. The van der Waals surface area contributed by atoms with E-state index < -0.39 is 80.0 Å². The normalized spacial score (nSPS) is 30.5. The number of ether oxygens (including phenoxy) is 2. The van der Waals surface area contributed by atoms with E-state index in [1.54, 1.807) is 13.8 Å². The van der Waals surface area contributed by atoms with Crippen LogP contribution in [0.3, 0.4) is 0 Å². The fourth-order valence-corrected chi connectivity index (χ4v) is 8.82. The van der Waals surface area contributed by atoms with E-state index in [0.717, 1.165) is 6.42 Å². The Labute approximate surface area is 307 Å². The average Bonchev–Trinajstić information content (AvgIpc) is 3.98. The Morgan fingerprint density at radius 1 is 1.17 bits per heavy atom. The Balaban J connectivity index is 1.35. The zero-order valence-electron chi connectivity index (χ0n) is 30.5. The van der Waals surface area contributed by atoms with Crippen LogP contribution in [0.4, 0.5) is 9.18 Å². The Morgan fingerprint density at radius 3 is 2.55 bits per heavy atom. The first-order valence-electron chi connectivity index (χ1n) is 18.0. The maximum atomic E-state index is 14.5. The molecule has 288 valence electrons. The molecule has 0 radical (unpaired) electrons. The fraction of sp³-hybridized carbons (Fsp3) is 0.611. The van der Waals surface area contributed by atoms with E-state index >= 15 is 0 Å². The number of carboxylic acid groups (broad SMARTS) is 1. The van der Waals surface area contributed by atoms with E-state index in [2.05, 4.69) is 25.3 Å². The number of fused-ring (bicyclic) bond motifs is 3. The van der Waals surface area contributed by atoms with E-state index in [1.807, 2.05) is 26.0 Å². The van der Waals surface area contributed by atoms with E-state index in [-0.39, 0.29) is 48.0 Å². The largest absolute Gasteiger partial charge is 0.494 e. The van der Waals surface area contributed by atoms with Gasteiger partial charge >= 0.3 is 6.09 Å². The maximum Gasteiger partial charge on any atom is 0.405 e. The summed E-state index contributed by atoms with van der Waals surface area (Å²) in [5.74, 6) is -3.55. The molecule has 4 amide bonds. The van der Waals surface area contributed by atoms with Gasteiger partial charge in [0.25, 0.3) is 5.91 Å². The third-order valence-corrected chi connectivity index (χ3v) is 13.4. The smallest absolute Gasteiger partial charge is 0.405 e. The van der Waals surface area contributed by atoms with Crippen LogP contribution >= 0.6 is 0 Å². The SMILES string of the molecule is CC[C@@H]1C[C@H](C)CC/C=C\[C@@H]2C[C@@]2(C(=O)NS(=O)(=O)C2(C)CC2)NC(=O)[C@@H]2C[C@@H](Oc3nc4cc(OC)c(F)cc4nc3C)CN2C(=O)[C@H]1NC(=O)O. The number of halogens is 1. The quantitative estimate of drug-likeness (QED) is 0.287. The van der Waals surface area contributed by atoms with E-state index in [9.17, 15) is 37.1 Å². The number of hydrogen-bond acceptors (Lipinski definition) is 10. The Hall–Kier alpha value is -4.54. The highest BCUT2D eigenvalue weighted by molar-refractivity contribution is 7.91. The number of allylic oxidation sites excluding steroid dienone is 1. The van der Waals surface area contributed by atoms with E-state index in [0.29, 0.717) is 37.8 Å². The second kappa shape index (κ2) is 14.4. The van der Waals surface area contributed by atoms with Gasteiger partial charge < -0.3 is 30.1 Å². The standard InChI is InChI=1S/C36H47FN6O9S/c1-6-21-13-19(2)9-7-8-10-22-17-36(22,33(46)42-53(49,50)35(4)11-12-35)41-30(44)27-14-23(18-43(27)32(45)29(21)40-34(47)48)52-31-20(3)38-25-15-24(37)28(51-5)16-26(25)39-31/h8,10,15-16,19,21-23,27,29,40H,6-7,9,11-14,17-18H2,1-5H3,(H,41,44)(H,42,46)(H,47,48)/b10-8-/t19-,21-,22-,23-,27+,29+,36-/m1/s1. The number of amides is 4. The number of sulfonamides is 1. The molecule has 4 N–H and O–H groups in total. The van der Waals surface area contributed by atoms with E-state index in [4.69, 9.17) is 9.47 Å². The number of carbonyl (C=O) groups excluding carboxylic acids is 3. The van der Waals surface area contributed by atoms with Gasteiger partial charge in [-0.2, -0.15) is 0 Å². The molecule has 1 aromatic carbocycles. The van der Waals surface area contributed by atoms with Gasteiger partial charge in [0.2, 0.25) is 27.7 Å². The summed E-state index contributed by atoms with van der Waals surface area (Å²) >= 11 is 0.